The minimum absolute atomic E-state index is 0.00705. The van der Waals surface area contributed by atoms with Gasteiger partial charge in [-0.05, 0) is 17.9 Å². The summed E-state index contributed by atoms with van der Waals surface area (Å²) in [6.45, 7) is -0.218. The molecule has 0 bridgehead atoms. The zero-order chi connectivity index (χ0) is 34.8. The Balaban J connectivity index is 2.69. The molecule has 1 rings (SSSR count). The second kappa shape index (κ2) is 20.4. The lowest BCUT2D eigenvalue weighted by Gasteiger charge is -2.25. The Hall–Kier alpha value is -4.65. The number of aliphatic carboxylic acids is 1. The van der Waals surface area contributed by atoms with Crippen LogP contribution in [0.4, 0.5) is 0 Å². The minimum atomic E-state index is -1.54. The fourth-order valence-corrected chi connectivity index (χ4v) is 3.82. The maximum atomic E-state index is 13.0. The Morgan fingerprint density at radius 1 is 0.652 bits per heavy atom. The Bertz CT molecular complexity index is 1200. The number of carboxylic acid groups (broad SMARTS) is 1. The second-order valence-corrected chi connectivity index (χ2v) is 10.6. The SMILES string of the molecule is CC(C)C[C@H](NC(=O)[C@H](CO)NC(=O)CNC(=O)CNC(=O)[C@H](CO)NC(=O)[C@@H](N)CO)C(=O)N[C@@H](Cc1ccccc1)C(=O)O. The predicted molar refractivity (Wildman–Crippen MR) is 160 cm³/mol. The molecular formula is C28H43N7O11. The number of benzene rings is 1. The predicted octanol–water partition coefficient (Wildman–Crippen LogP) is -5.16. The van der Waals surface area contributed by atoms with Crippen molar-refractivity contribution in [2.24, 2.45) is 11.7 Å². The number of aliphatic hydroxyl groups excluding tert-OH is 3. The van der Waals surface area contributed by atoms with Crippen LogP contribution in [0.1, 0.15) is 25.8 Å². The average Bonchev–Trinajstić information content (AvgIpc) is 3.02. The summed E-state index contributed by atoms with van der Waals surface area (Å²) in [5.41, 5.74) is 5.99. The van der Waals surface area contributed by atoms with E-state index in [4.69, 9.17) is 10.8 Å². The molecule has 18 nitrogen and oxygen atoms in total. The summed E-state index contributed by atoms with van der Waals surface area (Å²) >= 11 is 0. The van der Waals surface area contributed by atoms with Crippen LogP contribution in [0.5, 0.6) is 0 Å². The molecule has 0 aliphatic heterocycles. The molecule has 0 aromatic heterocycles. The standard InChI is InChI=1S/C28H43N7O11/c1-15(2)8-18(26(43)34-19(28(45)46)9-16-6-4-3-5-7-16)33-27(44)21(14-38)32-23(40)11-30-22(39)10-31-25(42)20(13-37)35-24(41)17(29)12-36/h3-7,15,17-21,36-38H,8-14,29H2,1-2H3,(H,30,39)(H,31,42)(H,32,40)(H,33,44)(H,34,43)(H,35,41)(H,45,46)/t17-,18-,19-,20-,21-/m0/s1. The van der Waals surface area contributed by atoms with E-state index in [-0.39, 0.29) is 18.8 Å². The van der Waals surface area contributed by atoms with Crippen LogP contribution in [0.3, 0.4) is 0 Å². The molecule has 0 aliphatic carbocycles. The molecule has 0 saturated carbocycles. The highest BCUT2D eigenvalue weighted by molar-refractivity contribution is 5.95. The van der Waals surface area contributed by atoms with Crippen molar-refractivity contribution in [1.29, 1.82) is 0 Å². The van der Waals surface area contributed by atoms with Crippen LogP contribution in [0.15, 0.2) is 30.3 Å². The van der Waals surface area contributed by atoms with Crippen molar-refractivity contribution in [3.05, 3.63) is 35.9 Å². The first-order chi connectivity index (χ1) is 21.7. The lowest BCUT2D eigenvalue weighted by molar-refractivity contribution is -0.142. The number of carbonyl (C=O) groups excluding carboxylic acids is 6. The second-order valence-electron chi connectivity index (χ2n) is 10.6. The topological polar surface area (TPSA) is 299 Å². The van der Waals surface area contributed by atoms with E-state index in [2.05, 4.69) is 31.9 Å². The van der Waals surface area contributed by atoms with Crippen molar-refractivity contribution < 1.29 is 54.0 Å². The van der Waals surface area contributed by atoms with E-state index in [1.807, 2.05) is 0 Å². The van der Waals surface area contributed by atoms with Gasteiger partial charge < -0.3 is 58.1 Å². The fourth-order valence-electron chi connectivity index (χ4n) is 3.82. The Morgan fingerprint density at radius 2 is 1.17 bits per heavy atom. The lowest BCUT2D eigenvalue weighted by Crippen LogP contribution is -2.58. The number of hydrogen-bond donors (Lipinski definition) is 11. The smallest absolute Gasteiger partial charge is 0.326 e. The number of amides is 6. The summed E-state index contributed by atoms with van der Waals surface area (Å²) in [6, 6.07) is 1.78. The van der Waals surface area contributed by atoms with Gasteiger partial charge in [0.15, 0.2) is 0 Å². The van der Waals surface area contributed by atoms with Crippen LogP contribution in [0.2, 0.25) is 0 Å². The first-order valence-electron chi connectivity index (χ1n) is 14.3. The Morgan fingerprint density at radius 3 is 1.72 bits per heavy atom. The molecular weight excluding hydrogens is 610 g/mol. The zero-order valence-electron chi connectivity index (χ0n) is 25.5. The maximum Gasteiger partial charge on any atom is 0.326 e. The number of hydrogen-bond acceptors (Lipinski definition) is 11. The summed E-state index contributed by atoms with van der Waals surface area (Å²) < 4.78 is 0. The maximum absolute atomic E-state index is 13.0. The van der Waals surface area contributed by atoms with Gasteiger partial charge in [0.25, 0.3) is 0 Å². The molecule has 12 N–H and O–H groups in total. The number of carbonyl (C=O) groups is 7. The molecule has 0 heterocycles. The molecule has 1 aromatic rings. The molecule has 46 heavy (non-hydrogen) atoms. The molecule has 0 aliphatic rings. The number of rotatable bonds is 20. The van der Waals surface area contributed by atoms with Gasteiger partial charge in [-0.25, -0.2) is 4.79 Å². The molecule has 0 spiro atoms. The summed E-state index contributed by atoms with van der Waals surface area (Å²) in [4.78, 5) is 86.0. The quantitative estimate of drug-likeness (QED) is 0.0630. The minimum Gasteiger partial charge on any atom is -0.480 e. The highest BCUT2D eigenvalue weighted by Crippen LogP contribution is 2.08. The van der Waals surface area contributed by atoms with Crippen LogP contribution in [-0.2, 0) is 40.0 Å². The third-order valence-electron chi connectivity index (χ3n) is 6.29. The third kappa shape index (κ3) is 14.4. The summed E-state index contributed by atoms with van der Waals surface area (Å²) in [5, 5.41) is 51.0. The van der Waals surface area contributed by atoms with Gasteiger partial charge in [0.2, 0.25) is 35.4 Å². The largest absolute Gasteiger partial charge is 0.480 e. The van der Waals surface area contributed by atoms with Crippen molar-refractivity contribution in [3.63, 3.8) is 0 Å². The van der Waals surface area contributed by atoms with E-state index in [1.54, 1.807) is 44.2 Å². The van der Waals surface area contributed by atoms with Crippen molar-refractivity contribution in [2.75, 3.05) is 32.9 Å². The van der Waals surface area contributed by atoms with E-state index in [1.165, 1.54) is 0 Å². The molecule has 18 heteroatoms. The summed E-state index contributed by atoms with van der Waals surface area (Å²) in [6.07, 6.45) is 0.102. The highest BCUT2D eigenvalue weighted by atomic mass is 16.4. The highest BCUT2D eigenvalue weighted by Gasteiger charge is 2.30. The number of aliphatic hydroxyl groups is 3. The molecule has 5 atom stereocenters. The molecule has 256 valence electrons. The number of nitrogens with two attached hydrogens (primary N) is 1. The van der Waals surface area contributed by atoms with Gasteiger partial charge >= 0.3 is 5.97 Å². The van der Waals surface area contributed by atoms with Crippen molar-refractivity contribution in [2.45, 2.75) is 56.9 Å². The van der Waals surface area contributed by atoms with Gasteiger partial charge in [0, 0.05) is 6.42 Å². The molecule has 0 saturated heterocycles. The van der Waals surface area contributed by atoms with Crippen molar-refractivity contribution >= 4 is 41.4 Å². The van der Waals surface area contributed by atoms with Crippen LogP contribution < -0.4 is 37.6 Å². The monoisotopic (exact) mass is 653 g/mol. The fraction of sp³-hybridized carbons (Fsp3) is 0.536. The Kier molecular flexibility index (Phi) is 17.5. The van der Waals surface area contributed by atoms with Gasteiger partial charge in [-0.3, -0.25) is 28.8 Å². The number of carboxylic acids is 1. The van der Waals surface area contributed by atoms with Gasteiger partial charge in [0.05, 0.1) is 32.9 Å². The van der Waals surface area contributed by atoms with Gasteiger partial charge in [-0.1, -0.05) is 44.2 Å². The van der Waals surface area contributed by atoms with Gasteiger partial charge in [0.1, 0.15) is 30.2 Å². The van der Waals surface area contributed by atoms with E-state index >= 15 is 0 Å². The van der Waals surface area contributed by atoms with Crippen molar-refractivity contribution in [1.82, 2.24) is 31.9 Å². The van der Waals surface area contributed by atoms with E-state index in [9.17, 15) is 48.9 Å². The first-order valence-corrected chi connectivity index (χ1v) is 14.3. The molecule has 0 radical (unpaired) electrons. The summed E-state index contributed by atoms with van der Waals surface area (Å²) in [5.74, 6) is -6.75. The van der Waals surface area contributed by atoms with E-state index in [0.717, 1.165) is 0 Å². The first kappa shape index (κ1) is 39.4. The van der Waals surface area contributed by atoms with Crippen LogP contribution in [0, 0.1) is 5.92 Å². The van der Waals surface area contributed by atoms with Crippen LogP contribution in [0.25, 0.3) is 0 Å². The number of nitrogens with one attached hydrogen (secondary N) is 6. The van der Waals surface area contributed by atoms with Crippen LogP contribution >= 0.6 is 0 Å². The van der Waals surface area contributed by atoms with Gasteiger partial charge in [-0.15, -0.1) is 0 Å². The average molecular weight is 654 g/mol. The van der Waals surface area contributed by atoms with E-state index < -0.39 is 105 Å². The zero-order valence-corrected chi connectivity index (χ0v) is 25.5. The van der Waals surface area contributed by atoms with Gasteiger partial charge in [-0.2, -0.15) is 0 Å². The molecule has 6 amide bonds. The molecule has 0 unspecified atom stereocenters. The van der Waals surface area contributed by atoms with Crippen molar-refractivity contribution in [3.8, 4) is 0 Å². The Labute approximate surface area is 264 Å². The normalized spacial score (nSPS) is 14.1. The molecule has 1 aromatic carbocycles. The summed E-state index contributed by atoms with van der Waals surface area (Å²) in [7, 11) is 0. The molecule has 0 fully saturated rings. The third-order valence-corrected chi connectivity index (χ3v) is 6.29. The lowest BCUT2D eigenvalue weighted by atomic mass is 10.0. The van der Waals surface area contributed by atoms with E-state index in [0.29, 0.717) is 5.56 Å². The van der Waals surface area contributed by atoms with Crippen LogP contribution in [-0.4, -0.2) is 125 Å².